The smallest absolute Gasteiger partial charge is 0.246 e. The SMILES string of the molecule is COc1ccc(C(=O)[C@@H]2[C@H]3C(=O)N(Cc4cccs4)[C@H](C(=O)NC4CCCC4)[C@]34C=C[C@H]2O4)c(O)c1. The highest BCUT2D eigenvalue weighted by molar-refractivity contribution is 7.09. The van der Waals surface area contributed by atoms with E-state index in [1.165, 1.54) is 30.6 Å². The van der Waals surface area contributed by atoms with E-state index in [0.717, 1.165) is 30.6 Å². The van der Waals surface area contributed by atoms with Crippen LogP contribution < -0.4 is 10.1 Å². The number of nitrogens with one attached hydrogen (secondary N) is 1. The van der Waals surface area contributed by atoms with Crippen molar-refractivity contribution in [2.24, 2.45) is 11.8 Å². The number of ketones is 1. The fourth-order valence-electron chi connectivity index (χ4n) is 6.38. The highest BCUT2D eigenvalue weighted by atomic mass is 32.1. The summed E-state index contributed by atoms with van der Waals surface area (Å²) in [6, 6.07) is 7.54. The van der Waals surface area contributed by atoms with Gasteiger partial charge in [0.05, 0.1) is 37.2 Å². The van der Waals surface area contributed by atoms with Gasteiger partial charge in [0.25, 0.3) is 0 Å². The van der Waals surface area contributed by atoms with Gasteiger partial charge in [0.2, 0.25) is 11.8 Å². The van der Waals surface area contributed by atoms with E-state index in [-0.39, 0.29) is 41.5 Å². The van der Waals surface area contributed by atoms with Gasteiger partial charge in [-0.05, 0) is 36.4 Å². The quantitative estimate of drug-likeness (QED) is 0.440. The van der Waals surface area contributed by atoms with E-state index >= 15 is 0 Å². The third-order valence-electron chi connectivity index (χ3n) is 8.00. The van der Waals surface area contributed by atoms with Crippen LogP contribution in [0.3, 0.4) is 0 Å². The van der Waals surface area contributed by atoms with E-state index in [4.69, 9.17) is 9.47 Å². The molecule has 2 bridgehead atoms. The van der Waals surface area contributed by atoms with Crippen molar-refractivity contribution in [3.63, 3.8) is 0 Å². The molecule has 3 aliphatic heterocycles. The van der Waals surface area contributed by atoms with Gasteiger partial charge in [0, 0.05) is 17.0 Å². The van der Waals surface area contributed by atoms with Gasteiger partial charge in [-0.3, -0.25) is 14.4 Å². The number of carbonyl (C=O) groups is 3. The first-order valence-electron chi connectivity index (χ1n) is 12.3. The number of aromatic hydroxyl groups is 1. The lowest BCUT2D eigenvalue weighted by atomic mass is 9.72. The molecule has 4 heterocycles. The van der Waals surface area contributed by atoms with E-state index in [2.05, 4.69) is 5.32 Å². The summed E-state index contributed by atoms with van der Waals surface area (Å²) in [5.74, 6) is -2.35. The first kappa shape index (κ1) is 23.2. The second-order valence-corrected chi connectivity index (χ2v) is 11.0. The Morgan fingerprint density at radius 1 is 1.28 bits per heavy atom. The number of Topliss-reactive ketones (excluding diaryl/α,β-unsaturated/α-hetero) is 1. The molecule has 3 fully saturated rings. The Kier molecular flexibility index (Phi) is 5.64. The van der Waals surface area contributed by atoms with Crippen LogP contribution >= 0.6 is 11.3 Å². The number of hydrogen-bond acceptors (Lipinski definition) is 7. The number of hydrogen-bond donors (Lipinski definition) is 2. The number of carbonyl (C=O) groups excluding carboxylic acids is 3. The number of fused-ring (bicyclic) bond motifs is 1. The van der Waals surface area contributed by atoms with Crippen molar-refractivity contribution >= 4 is 28.9 Å². The van der Waals surface area contributed by atoms with E-state index in [9.17, 15) is 19.5 Å². The number of phenolic OH excluding ortho intramolecular Hbond substituents is 1. The van der Waals surface area contributed by atoms with Crippen LogP contribution in [0.2, 0.25) is 0 Å². The predicted octanol–water partition coefficient (Wildman–Crippen LogP) is 3.05. The molecule has 2 saturated heterocycles. The molecule has 1 spiro atoms. The lowest BCUT2D eigenvalue weighted by molar-refractivity contribution is -0.140. The third kappa shape index (κ3) is 3.48. The van der Waals surface area contributed by atoms with Crippen molar-refractivity contribution in [1.82, 2.24) is 10.2 Å². The van der Waals surface area contributed by atoms with Crippen molar-refractivity contribution in [2.45, 2.75) is 56.0 Å². The predicted molar refractivity (Wildman–Crippen MR) is 132 cm³/mol. The number of amides is 2. The zero-order chi connectivity index (χ0) is 25.0. The number of rotatable bonds is 7. The van der Waals surface area contributed by atoms with E-state index in [1.807, 2.05) is 23.6 Å². The number of likely N-dealkylation sites (tertiary alicyclic amines) is 1. The Balaban J connectivity index is 1.37. The monoisotopic (exact) mass is 508 g/mol. The van der Waals surface area contributed by atoms with Crippen molar-refractivity contribution in [3.05, 3.63) is 58.3 Å². The fourth-order valence-corrected chi connectivity index (χ4v) is 7.09. The van der Waals surface area contributed by atoms with Gasteiger partial charge in [-0.1, -0.05) is 31.1 Å². The molecule has 1 aromatic heterocycles. The van der Waals surface area contributed by atoms with Gasteiger partial charge in [0.1, 0.15) is 23.1 Å². The van der Waals surface area contributed by atoms with Gasteiger partial charge in [-0.2, -0.15) is 0 Å². The number of thiophene rings is 1. The number of phenols is 1. The normalized spacial score (nSPS) is 30.7. The Bertz CT molecular complexity index is 1240. The average molecular weight is 509 g/mol. The summed E-state index contributed by atoms with van der Waals surface area (Å²) in [7, 11) is 1.48. The second kappa shape index (κ2) is 8.74. The first-order chi connectivity index (χ1) is 17.4. The molecule has 9 heteroatoms. The average Bonchev–Trinajstić information content (AvgIpc) is 3.69. The summed E-state index contributed by atoms with van der Waals surface area (Å²) in [5.41, 5.74) is -1.11. The molecule has 6 rings (SSSR count). The summed E-state index contributed by atoms with van der Waals surface area (Å²) < 4.78 is 11.5. The Morgan fingerprint density at radius 2 is 2.08 bits per heavy atom. The van der Waals surface area contributed by atoms with Crippen LogP contribution in [-0.2, 0) is 20.9 Å². The molecular formula is C27H28N2O6S. The van der Waals surface area contributed by atoms with Crippen LogP contribution in [0.4, 0.5) is 0 Å². The summed E-state index contributed by atoms with van der Waals surface area (Å²) in [6.07, 6.45) is 6.94. The standard InChI is InChI=1S/C27H28N2O6S/c1-34-16-8-9-18(19(30)13-16)23(31)21-20-10-11-27(35-20)22(21)26(33)29(14-17-7-4-12-36-17)24(27)25(32)28-15-5-2-3-6-15/h4,7-13,15,20-22,24,30H,2-3,5-6,14H2,1H3,(H,28,32)/t20-,21+,22+,24-,27+/m1/s1. The molecule has 0 unspecified atom stereocenters. The van der Waals surface area contributed by atoms with Crippen LogP contribution in [0, 0.1) is 11.8 Å². The molecule has 2 aromatic rings. The number of nitrogens with zero attached hydrogens (tertiary/aromatic N) is 1. The van der Waals surface area contributed by atoms with Gasteiger partial charge in [-0.15, -0.1) is 11.3 Å². The molecule has 1 saturated carbocycles. The first-order valence-corrected chi connectivity index (χ1v) is 13.2. The zero-order valence-electron chi connectivity index (χ0n) is 19.9. The molecule has 1 aromatic carbocycles. The van der Waals surface area contributed by atoms with Gasteiger partial charge >= 0.3 is 0 Å². The largest absolute Gasteiger partial charge is 0.507 e. The van der Waals surface area contributed by atoms with E-state index in [1.54, 1.807) is 17.0 Å². The Labute approximate surface area is 212 Å². The van der Waals surface area contributed by atoms with Gasteiger partial charge in [0.15, 0.2) is 5.78 Å². The minimum Gasteiger partial charge on any atom is -0.507 e. The minimum absolute atomic E-state index is 0.0860. The molecule has 2 amide bonds. The third-order valence-corrected chi connectivity index (χ3v) is 8.86. The maximum atomic E-state index is 14.0. The zero-order valence-corrected chi connectivity index (χ0v) is 20.7. The maximum absolute atomic E-state index is 14.0. The lowest BCUT2D eigenvalue weighted by Crippen LogP contribution is -2.55. The highest BCUT2D eigenvalue weighted by Gasteiger charge is 2.72. The summed E-state index contributed by atoms with van der Waals surface area (Å²) in [4.78, 5) is 44.0. The van der Waals surface area contributed by atoms with Crippen molar-refractivity contribution in [2.75, 3.05) is 7.11 Å². The molecular weight excluding hydrogens is 480 g/mol. The van der Waals surface area contributed by atoms with Crippen molar-refractivity contribution < 1.29 is 29.0 Å². The molecule has 8 nitrogen and oxygen atoms in total. The molecule has 0 radical (unpaired) electrons. The summed E-state index contributed by atoms with van der Waals surface area (Å²) in [5, 5.41) is 15.6. The number of methoxy groups -OCH3 is 1. The fraction of sp³-hybridized carbons (Fsp3) is 0.444. The molecule has 36 heavy (non-hydrogen) atoms. The highest BCUT2D eigenvalue weighted by Crippen LogP contribution is 2.56. The number of benzene rings is 1. The van der Waals surface area contributed by atoms with Crippen LogP contribution in [-0.4, -0.2) is 58.5 Å². The maximum Gasteiger partial charge on any atom is 0.246 e. The lowest BCUT2D eigenvalue weighted by Gasteiger charge is -2.32. The van der Waals surface area contributed by atoms with E-state index in [0.29, 0.717) is 5.75 Å². The van der Waals surface area contributed by atoms with Gasteiger partial charge < -0.3 is 24.8 Å². The molecule has 5 atom stereocenters. The minimum atomic E-state index is -1.22. The molecule has 2 N–H and O–H groups in total. The van der Waals surface area contributed by atoms with E-state index < -0.39 is 29.6 Å². The van der Waals surface area contributed by atoms with Crippen LogP contribution in [0.25, 0.3) is 0 Å². The number of ether oxygens (including phenoxy) is 2. The summed E-state index contributed by atoms with van der Waals surface area (Å²) in [6.45, 7) is 0.272. The Morgan fingerprint density at radius 3 is 2.78 bits per heavy atom. The topological polar surface area (TPSA) is 105 Å². The Hall–Kier alpha value is -3.17. The molecule has 1 aliphatic carbocycles. The molecule has 4 aliphatic rings. The molecule has 188 valence electrons. The van der Waals surface area contributed by atoms with Crippen molar-refractivity contribution in [3.8, 4) is 11.5 Å². The van der Waals surface area contributed by atoms with Gasteiger partial charge in [-0.25, -0.2) is 0 Å². The van der Waals surface area contributed by atoms with Crippen LogP contribution in [0.5, 0.6) is 11.5 Å². The van der Waals surface area contributed by atoms with Crippen molar-refractivity contribution in [1.29, 1.82) is 0 Å². The second-order valence-electron chi connectivity index (χ2n) is 9.98. The van der Waals surface area contributed by atoms with Crippen LogP contribution in [0.15, 0.2) is 47.9 Å². The van der Waals surface area contributed by atoms with Crippen LogP contribution in [0.1, 0.15) is 40.9 Å². The summed E-state index contributed by atoms with van der Waals surface area (Å²) >= 11 is 1.52.